The molecule has 1 N–H and O–H groups in total. The molecule has 1 saturated heterocycles. The Kier molecular flexibility index (Phi) is 3.87. The van der Waals surface area contributed by atoms with Crippen molar-refractivity contribution in [1.29, 1.82) is 0 Å². The third-order valence-corrected chi connectivity index (χ3v) is 4.89. The highest BCUT2D eigenvalue weighted by molar-refractivity contribution is 5.95. The molecule has 23 heavy (non-hydrogen) atoms. The molecule has 6 heteroatoms. The van der Waals surface area contributed by atoms with Crippen LogP contribution in [0.5, 0.6) is 11.5 Å². The zero-order valence-electron chi connectivity index (χ0n) is 13.1. The Hall–Kier alpha value is -1.79. The van der Waals surface area contributed by atoms with Gasteiger partial charge in [-0.25, -0.2) is 0 Å². The average Bonchev–Trinajstić information content (AvgIpc) is 3.32. The maximum absolute atomic E-state index is 12.6. The Labute approximate surface area is 135 Å². The lowest BCUT2D eigenvalue weighted by atomic mass is 10.1. The molecule has 1 atom stereocenters. The largest absolute Gasteiger partial charge is 0.454 e. The van der Waals surface area contributed by atoms with Gasteiger partial charge in [-0.15, -0.1) is 0 Å². The van der Waals surface area contributed by atoms with Crippen LogP contribution in [0.15, 0.2) is 18.2 Å². The SMILES string of the molecule is O=C(c1ccc2c(c1)OCO2)N1CCN(C[C@H](O)C2CC2)CC1. The number of nitrogens with zero attached hydrogens (tertiary/aromatic N) is 2. The lowest BCUT2D eigenvalue weighted by molar-refractivity contribution is 0.0488. The second-order valence-electron chi connectivity index (χ2n) is 6.57. The second kappa shape index (κ2) is 6.02. The number of rotatable bonds is 4. The van der Waals surface area contributed by atoms with Gasteiger partial charge in [0.1, 0.15) is 0 Å². The molecule has 0 aromatic heterocycles. The predicted octanol–water partition coefficient (Wildman–Crippen LogP) is 0.944. The molecule has 1 aliphatic carbocycles. The maximum atomic E-state index is 12.6. The van der Waals surface area contributed by atoms with E-state index >= 15 is 0 Å². The lowest BCUT2D eigenvalue weighted by Crippen LogP contribution is -2.50. The zero-order chi connectivity index (χ0) is 15.8. The van der Waals surface area contributed by atoms with Gasteiger partial charge in [0.25, 0.3) is 5.91 Å². The summed E-state index contributed by atoms with van der Waals surface area (Å²) in [6.07, 6.45) is 2.11. The van der Waals surface area contributed by atoms with Gasteiger partial charge in [0.15, 0.2) is 11.5 Å². The fourth-order valence-electron chi connectivity index (χ4n) is 3.24. The molecule has 0 spiro atoms. The first kappa shape index (κ1) is 14.8. The summed E-state index contributed by atoms with van der Waals surface area (Å²) in [5.74, 6) is 1.87. The third-order valence-electron chi connectivity index (χ3n) is 4.89. The van der Waals surface area contributed by atoms with Crippen molar-refractivity contribution in [1.82, 2.24) is 9.80 Å². The summed E-state index contributed by atoms with van der Waals surface area (Å²) >= 11 is 0. The minimum absolute atomic E-state index is 0.0330. The normalized spacial score (nSPS) is 22.2. The molecule has 1 aromatic rings. The molecule has 0 unspecified atom stereocenters. The minimum atomic E-state index is -0.203. The van der Waals surface area contributed by atoms with E-state index in [0.717, 1.165) is 32.5 Å². The van der Waals surface area contributed by atoms with Crippen LogP contribution in [0, 0.1) is 5.92 Å². The first-order chi connectivity index (χ1) is 11.2. The van der Waals surface area contributed by atoms with Crippen LogP contribution in [-0.2, 0) is 0 Å². The van der Waals surface area contributed by atoms with Crippen molar-refractivity contribution in [3.63, 3.8) is 0 Å². The molecular formula is C17H22N2O4. The van der Waals surface area contributed by atoms with Crippen LogP contribution in [-0.4, -0.2) is 66.4 Å². The van der Waals surface area contributed by atoms with Gasteiger partial charge >= 0.3 is 0 Å². The number of carbonyl (C=O) groups is 1. The quantitative estimate of drug-likeness (QED) is 0.895. The Balaban J connectivity index is 1.33. The number of carbonyl (C=O) groups excluding carboxylic acids is 1. The van der Waals surface area contributed by atoms with Crippen molar-refractivity contribution in [3.8, 4) is 11.5 Å². The van der Waals surface area contributed by atoms with E-state index in [9.17, 15) is 9.90 Å². The van der Waals surface area contributed by atoms with Gasteiger partial charge in [0.2, 0.25) is 6.79 Å². The number of hydrogen-bond acceptors (Lipinski definition) is 5. The van der Waals surface area contributed by atoms with Gasteiger partial charge in [-0.2, -0.15) is 0 Å². The molecule has 3 aliphatic rings. The molecule has 124 valence electrons. The standard InChI is InChI=1S/C17H22N2O4/c20-14(12-1-2-12)10-18-5-7-19(8-6-18)17(21)13-3-4-15-16(9-13)23-11-22-15/h3-4,9,12,14,20H,1-2,5-8,10-11H2/t14-/m0/s1. The first-order valence-corrected chi connectivity index (χ1v) is 8.30. The van der Waals surface area contributed by atoms with Crippen LogP contribution >= 0.6 is 0 Å². The Morgan fingerprint density at radius 3 is 2.65 bits per heavy atom. The summed E-state index contributed by atoms with van der Waals surface area (Å²) in [7, 11) is 0. The fourth-order valence-corrected chi connectivity index (χ4v) is 3.24. The van der Waals surface area contributed by atoms with E-state index in [4.69, 9.17) is 9.47 Å². The minimum Gasteiger partial charge on any atom is -0.454 e. The van der Waals surface area contributed by atoms with Gasteiger partial charge in [-0.3, -0.25) is 9.69 Å². The molecule has 0 radical (unpaired) electrons. The number of benzene rings is 1. The predicted molar refractivity (Wildman–Crippen MR) is 83.6 cm³/mol. The van der Waals surface area contributed by atoms with E-state index in [-0.39, 0.29) is 18.8 Å². The molecule has 2 fully saturated rings. The number of fused-ring (bicyclic) bond motifs is 1. The van der Waals surface area contributed by atoms with Crippen LogP contribution < -0.4 is 9.47 Å². The molecule has 0 bridgehead atoms. The molecule has 4 rings (SSSR count). The molecule has 1 saturated carbocycles. The first-order valence-electron chi connectivity index (χ1n) is 8.30. The molecule has 2 heterocycles. The Bertz CT molecular complexity index is 594. The van der Waals surface area contributed by atoms with Crippen molar-refractivity contribution < 1.29 is 19.4 Å². The van der Waals surface area contributed by atoms with Crippen molar-refractivity contribution in [2.75, 3.05) is 39.5 Å². The second-order valence-corrected chi connectivity index (χ2v) is 6.57. The average molecular weight is 318 g/mol. The summed E-state index contributed by atoms with van der Waals surface area (Å²) in [6.45, 7) is 3.99. The number of ether oxygens (including phenoxy) is 2. The molecule has 2 aliphatic heterocycles. The van der Waals surface area contributed by atoms with E-state index in [2.05, 4.69) is 4.90 Å². The number of aliphatic hydroxyl groups excluding tert-OH is 1. The monoisotopic (exact) mass is 318 g/mol. The van der Waals surface area contributed by atoms with E-state index in [1.54, 1.807) is 18.2 Å². The molecule has 6 nitrogen and oxygen atoms in total. The van der Waals surface area contributed by atoms with Crippen molar-refractivity contribution in [2.24, 2.45) is 5.92 Å². The highest BCUT2D eigenvalue weighted by atomic mass is 16.7. The van der Waals surface area contributed by atoms with Crippen molar-refractivity contribution in [2.45, 2.75) is 18.9 Å². The topological polar surface area (TPSA) is 62.2 Å². The number of β-amino-alcohol motifs (C(OH)–C–C–N with tert-alkyl or cyclic N) is 1. The molecule has 1 amide bonds. The number of piperazine rings is 1. The smallest absolute Gasteiger partial charge is 0.254 e. The Morgan fingerprint density at radius 2 is 1.91 bits per heavy atom. The van der Waals surface area contributed by atoms with E-state index in [0.29, 0.717) is 36.1 Å². The highest BCUT2D eigenvalue weighted by Gasteiger charge is 2.32. The summed E-state index contributed by atoms with van der Waals surface area (Å²) in [5, 5.41) is 10.0. The van der Waals surface area contributed by atoms with Crippen LogP contribution in [0.2, 0.25) is 0 Å². The van der Waals surface area contributed by atoms with Gasteiger partial charge in [-0.05, 0) is 37.0 Å². The van der Waals surface area contributed by atoms with Crippen molar-refractivity contribution >= 4 is 5.91 Å². The van der Waals surface area contributed by atoms with E-state index in [1.165, 1.54) is 0 Å². The number of aliphatic hydroxyl groups is 1. The van der Waals surface area contributed by atoms with Crippen LogP contribution in [0.3, 0.4) is 0 Å². The summed E-state index contributed by atoms with van der Waals surface area (Å²) in [6, 6.07) is 5.34. The lowest BCUT2D eigenvalue weighted by Gasteiger charge is -2.35. The molecule has 1 aromatic carbocycles. The zero-order valence-corrected chi connectivity index (χ0v) is 13.1. The Morgan fingerprint density at radius 1 is 1.17 bits per heavy atom. The van der Waals surface area contributed by atoms with Crippen LogP contribution in [0.4, 0.5) is 0 Å². The number of hydrogen-bond donors (Lipinski definition) is 1. The number of amides is 1. The van der Waals surface area contributed by atoms with Gasteiger partial charge < -0.3 is 19.5 Å². The summed E-state index contributed by atoms with van der Waals surface area (Å²) < 4.78 is 10.6. The van der Waals surface area contributed by atoms with Crippen molar-refractivity contribution in [3.05, 3.63) is 23.8 Å². The summed E-state index contributed by atoms with van der Waals surface area (Å²) in [5.41, 5.74) is 0.640. The maximum Gasteiger partial charge on any atom is 0.254 e. The van der Waals surface area contributed by atoms with Gasteiger partial charge in [-0.1, -0.05) is 0 Å². The van der Waals surface area contributed by atoms with E-state index < -0.39 is 0 Å². The molecular weight excluding hydrogens is 296 g/mol. The van der Waals surface area contributed by atoms with Gasteiger partial charge in [0, 0.05) is 38.3 Å². The van der Waals surface area contributed by atoms with Crippen LogP contribution in [0.1, 0.15) is 23.2 Å². The third kappa shape index (κ3) is 3.14. The highest BCUT2D eigenvalue weighted by Crippen LogP contribution is 2.34. The van der Waals surface area contributed by atoms with Gasteiger partial charge in [0.05, 0.1) is 6.10 Å². The van der Waals surface area contributed by atoms with E-state index in [1.807, 2.05) is 4.90 Å². The van der Waals surface area contributed by atoms with Crippen LogP contribution in [0.25, 0.3) is 0 Å². The summed E-state index contributed by atoms with van der Waals surface area (Å²) in [4.78, 5) is 16.7. The fraction of sp³-hybridized carbons (Fsp3) is 0.588.